The zero-order valence-electron chi connectivity index (χ0n) is 15.6. The van der Waals surface area contributed by atoms with Crippen LogP contribution in [-0.2, 0) is 14.3 Å². The van der Waals surface area contributed by atoms with Gasteiger partial charge in [-0.05, 0) is 39.0 Å². The highest BCUT2D eigenvalue weighted by molar-refractivity contribution is 5.84. The molecule has 1 aliphatic heterocycles. The lowest BCUT2D eigenvalue weighted by Crippen LogP contribution is -2.50. The molecular formula is C19H34N2O3. The van der Waals surface area contributed by atoms with Gasteiger partial charge in [-0.2, -0.15) is 0 Å². The number of carbonyl (C=O) groups is 2. The maximum absolute atomic E-state index is 12.9. The second kappa shape index (κ2) is 9.40. The van der Waals surface area contributed by atoms with Crippen LogP contribution < -0.4 is 0 Å². The fraction of sp³-hybridized carbons (Fsp3) is 0.895. The second-order valence-electron chi connectivity index (χ2n) is 7.66. The predicted octanol–water partition coefficient (Wildman–Crippen LogP) is 2.69. The van der Waals surface area contributed by atoms with E-state index in [4.69, 9.17) is 4.74 Å². The third-order valence-electron chi connectivity index (χ3n) is 5.50. The number of amides is 2. The summed E-state index contributed by atoms with van der Waals surface area (Å²) >= 11 is 0. The molecule has 24 heavy (non-hydrogen) atoms. The average molecular weight is 338 g/mol. The van der Waals surface area contributed by atoms with Gasteiger partial charge in [0.05, 0.1) is 12.5 Å². The molecule has 5 nitrogen and oxygen atoms in total. The minimum Gasteiger partial charge on any atom is -0.383 e. The van der Waals surface area contributed by atoms with Crippen molar-refractivity contribution in [2.24, 2.45) is 11.8 Å². The van der Waals surface area contributed by atoms with Crippen molar-refractivity contribution in [3.8, 4) is 0 Å². The summed E-state index contributed by atoms with van der Waals surface area (Å²) in [5.41, 5.74) is 0. The van der Waals surface area contributed by atoms with E-state index in [1.807, 2.05) is 23.6 Å². The molecule has 1 saturated heterocycles. The maximum Gasteiger partial charge on any atom is 0.227 e. The molecule has 1 heterocycles. The molecule has 0 aromatic carbocycles. The van der Waals surface area contributed by atoms with E-state index in [1.54, 1.807) is 7.11 Å². The highest BCUT2D eigenvalue weighted by Crippen LogP contribution is 2.27. The molecule has 0 N–H and O–H groups in total. The van der Waals surface area contributed by atoms with Crippen LogP contribution in [0.1, 0.15) is 58.8 Å². The SMILES string of the molecule is COCCN(C(=O)[C@H]1CCC(=O)N(CC2CCCCC2)C1)C(C)C. The Hall–Kier alpha value is -1.10. The summed E-state index contributed by atoms with van der Waals surface area (Å²) in [5, 5.41) is 0. The molecule has 5 heteroatoms. The fourth-order valence-corrected chi connectivity index (χ4v) is 4.02. The smallest absolute Gasteiger partial charge is 0.227 e. The van der Waals surface area contributed by atoms with Gasteiger partial charge in [-0.25, -0.2) is 0 Å². The third kappa shape index (κ3) is 5.20. The Morgan fingerprint density at radius 1 is 1.25 bits per heavy atom. The molecule has 2 rings (SSSR count). The van der Waals surface area contributed by atoms with Gasteiger partial charge in [-0.1, -0.05) is 19.3 Å². The van der Waals surface area contributed by atoms with Crippen molar-refractivity contribution >= 4 is 11.8 Å². The van der Waals surface area contributed by atoms with Crippen LogP contribution in [0, 0.1) is 11.8 Å². The predicted molar refractivity (Wildman–Crippen MR) is 94.6 cm³/mol. The number of nitrogens with zero attached hydrogens (tertiary/aromatic N) is 2. The first-order valence-electron chi connectivity index (χ1n) is 9.60. The van der Waals surface area contributed by atoms with Crippen LogP contribution in [0.25, 0.3) is 0 Å². The van der Waals surface area contributed by atoms with Gasteiger partial charge in [0.25, 0.3) is 0 Å². The van der Waals surface area contributed by atoms with E-state index in [-0.39, 0.29) is 23.8 Å². The van der Waals surface area contributed by atoms with Crippen molar-refractivity contribution in [1.82, 2.24) is 9.80 Å². The van der Waals surface area contributed by atoms with Crippen molar-refractivity contribution in [3.63, 3.8) is 0 Å². The number of ether oxygens (including phenoxy) is 1. The minimum atomic E-state index is -0.0504. The molecule has 0 unspecified atom stereocenters. The zero-order chi connectivity index (χ0) is 17.5. The van der Waals surface area contributed by atoms with Crippen molar-refractivity contribution in [1.29, 1.82) is 0 Å². The Morgan fingerprint density at radius 2 is 1.96 bits per heavy atom. The normalized spacial score (nSPS) is 22.9. The van der Waals surface area contributed by atoms with Crippen molar-refractivity contribution in [3.05, 3.63) is 0 Å². The maximum atomic E-state index is 12.9. The van der Waals surface area contributed by atoms with Crippen molar-refractivity contribution < 1.29 is 14.3 Å². The second-order valence-corrected chi connectivity index (χ2v) is 7.66. The molecule has 1 aliphatic carbocycles. The Bertz CT molecular complexity index is 419. The first-order chi connectivity index (χ1) is 11.5. The van der Waals surface area contributed by atoms with Crippen LogP contribution in [0.15, 0.2) is 0 Å². The number of hydrogen-bond donors (Lipinski definition) is 0. The minimum absolute atomic E-state index is 0.0504. The lowest BCUT2D eigenvalue weighted by molar-refractivity contribution is -0.145. The Morgan fingerprint density at radius 3 is 2.58 bits per heavy atom. The van der Waals surface area contributed by atoms with E-state index in [2.05, 4.69) is 0 Å². The Labute approximate surface area is 146 Å². The molecule has 2 aliphatic rings. The quantitative estimate of drug-likeness (QED) is 0.717. The number of likely N-dealkylation sites (tertiary alicyclic amines) is 1. The molecule has 0 aromatic heterocycles. The van der Waals surface area contributed by atoms with E-state index in [0.29, 0.717) is 38.5 Å². The van der Waals surface area contributed by atoms with Gasteiger partial charge in [-0.3, -0.25) is 9.59 Å². The van der Waals surface area contributed by atoms with E-state index >= 15 is 0 Å². The molecule has 0 radical (unpaired) electrons. The number of rotatable bonds is 7. The van der Waals surface area contributed by atoms with Crippen LogP contribution >= 0.6 is 0 Å². The third-order valence-corrected chi connectivity index (χ3v) is 5.50. The summed E-state index contributed by atoms with van der Waals surface area (Å²) in [6.45, 7) is 6.72. The zero-order valence-corrected chi connectivity index (χ0v) is 15.6. The lowest BCUT2D eigenvalue weighted by atomic mass is 9.87. The molecule has 1 atom stereocenters. The number of hydrogen-bond acceptors (Lipinski definition) is 3. The molecule has 0 spiro atoms. The molecule has 0 bridgehead atoms. The number of methoxy groups -OCH3 is 1. The van der Waals surface area contributed by atoms with Crippen LogP contribution in [0.3, 0.4) is 0 Å². The average Bonchev–Trinajstić information content (AvgIpc) is 2.57. The molecule has 138 valence electrons. The van der Waals surface area contributed by atoms with Gasteiger partial charge < -0.3 is 14.5 Å². The number of piperidine rings is 1. The van der Waals surface area contributed by atoms with Gasteiger partial charge in [0.15, 0.2) is 0 Å². The Balaban J connectivity index is 1.94. The summed E-state index contributed by atoms with van der Waals surface area (Å²) in [4.78, 5) is 29.1. The van der Waals surface area contributed by atoms with E-state index < -0.39 is 0 Å². The highest BCUT2D eigenvalue weighted by Gasteiger charge is 2.34. The van der Waals surface area contributed by atoms with Crippen molar-refractivity contribution in [2.75, 3.05) is 33.4 Å². The number of carbonyl (C=O) groups excluding carboxylic acids is 2. The first kappa shape index (κ1) is 19.2. The molecular weight excluding hydrogens is 304 g/mol. The Kier molecular flexibility index (Phi) is 7.53. The topological polar surface area (TPSA) is 49.9 Å². The van der Waals surface area contributed by atoms with E-state index in [0.717, 1.165) is 6.54 Å². The summed E-state index contributed by atoms with van der Waals surface area (Å²) in [5.74, 6) is 0.998. The molecule has 1 saturated carbocycles. The lowest BCUT2D eigenvalue weighted by Gasteiger charge is -2.38. The van der Waals surface area contributed by atoms with Crippen LogP contribution in [-0.4, -0.2) is 61.0 Å². The van der Waals surface area contributed by atoms with Gasteiger partial charge in [0.2, 0.25) is 11.8 Å². The molecule has 0 aromatic rings. The van der Waals surface area contributed by atoms with E-state index in [1.165, 1.54) is 32.1 Å². The van der Waals surface area contributed by atoms with Gasteiger partial charge in [0.1, 0.15) is 0 Å². The van der Waals surface area contributed by atoms with Gasteiger partial charge in [-0.15, -0.1) is 0 Å². The van der Waals surface area contributed by atoms with E-state index in [9.17, 15) is 9.59 Å². The van der Waals surface area contributed by atoms with Crippen LogP contribution in [0.5, 0.6) is 0 Å². The first-order valence-corrected chi connectivity index (χ1v) is 9.60. The van der Waals surface area contributed by atoms with Crippen molar-refractivity contribution in [2.45, 2.75) is 64.8 Å². The molecule has 2 amide bonds. The molecule has 2 fully saturated rings. The largest absolute Gasteiger partial charge is 0.383 e. The monoisotopic (exact) mass is 338 g/mol. The summed E-state index contributed by atoms with van der Waals surface area (Å²) in [6.07, 6.45) is 7.56. The van der Waals surface area contributed by atoms with Gasteiger partial charge >= 0.3 is 0 Å². The standard InChI is InChI=1S/C19H34N2O3/c1-15(2)21(11-12-24-3)19(23)17-9-10-18(22)20(14-17)13-16-7-5-4-6-8-16/h15-17H,4-14H2,1-3H3/t17-/m0/s1. The van der Waals surface area contributed by atoms with Crippen LogP contribution in [0.2, 0.25) is 0 Å². The summed E-state index contributed by atoms with van der Waals surface area (Å²) in [6, 6.07) is 0.164. The van der Waals surface area contributed by atoms with Crippen LogP contribution in [0.4, 0.5) is 0 Å². The fourth-order valence-electron chi connectivity index (χ4n) is 4.02. The highest BCUT2D eigenvalue weighted by atomic mass is 16.5. The summed E-state index contributed by atoms with van der Waals surface area (Å²) < 4.78 is 5.14. The van der Waals surface area contributed by atoms with Gasteiger partial charge in [0, 0.05) is 39.2 Å². The summed E-state index contributed by atoms with van der Waals surface area (Å²) in [7, 11) is 1.66.